The fraction of sp³-hybridized carbons (Fsp3) is 0.235. The lowest BCUT2D eigenvalue weighted by Crippen LogP contribution is -2.46. The standard InChI is InChI=1S/C17H14ClF3N4O3/c1-10-4-11(6-12(18)5-10)16(17(19,20)21)8-25(15(27)28-16)14-7-13(2-3-22-14)24-23-9-26/h2-7,9H,8H2,1H3,(H,22,24)(H,23,26). The topological polar surface area (TPSA) is 83.6 Å². The summed E-state index contributed by atoms with van der Waals surface area (Å²) >= 11 is 5.92. The number of nitrogens with zero attached hydrogens (tertiary/aromatic N) is 2. The molecule has 2 aromatic rings. The van der Waals surface area contributed by atoms with Crippen LogP contribution in [0.15, 0.2) is 36.5 Å². The summed E-state index contributed by atoms with van der Waals surface area (Å²) in [5, 5.41) is 0.0948. The summed E-state index contributed by atoms with van der Waals surface area (Å²) in [7, 11) is 0. The van der Waals surface area contributed by atoms with Crippen LogP contribution in [0.2, 0.25) is 5.02 Å². The minimum atomic E-state index is -4.90. The lowest BCUT2D eigenvalue weighted by Gasteiger charge is -2.30. The van der Waals surface area contributed by atoms with Gasteiger partial charge in [0.1, 0.15) is 5.82 Å². The van der Waals surface area contributed by atoms with Crippen LogP contribution in [0.5, 0.6) is 0 Å². The van der Waals surface area contributed by atoms with Gasteiger partial charge in [-0.3, -0.25) is 20.5 Å². The number of ether oxygens (including phenoxy) is 1. The van der Waals surface area contributed by atoms with Gasteiger partial charge in [-0.25, -0.2) is 9.78 Å². The van der Waals surface area contributed by atoms with Gasteiger partial charge in [0, 0.05) is 22.8 Å². The van der Waals surface area contributed by atoms with E-state index in [1.54, 1.807) is 6.92 Å². The largest absolute Gasteiger partial charge is 0.434 e. The molecule has 0 bridgehead atoms. The van der Waals surface area contributed by atoms with E-state index in [-0.39, 0.29) is 16.4 Å². The third-order valence-corrected chi connectivity index (χ3v) is 4.34. The summed E-state index contributed by atoms with van der Waals surface area (Å²) in [6, 6.07) is 6.65. The van der Waals surface area contributed by atoms with E-state index >= 15 is 0 Å². The van der Waals surface area contributed by atoms with Crippen LogP contribution >= 0.6 is 11.6 Å². The zero-order valence-corrected chi connectivity index (χ0v) is 15.1. The SMILES string of the molecule is Cc1cc(Cl)cc(C2(C(F)(F)F)CN(c3cc(NNC=O)ccn3)C(=O)O2)c1. The van der Waals surface area contributed by atoms with Gasteiger partial charge in [0.15, 0.2) is 0 Å². The van der Waals surface area contributed by atoms with E-state index in [1.807, 2.05) is 0 Å². The number of aryl methyl sites for hydroxylation is 1. The monoisotopic (exact) mass is 414 g/mol. The molecular formula is C17H14ClF3N4O3. The Hall–Kier alpha value is -3.01. The molecule has 3 rings (SSSR count). The van der Waals surface area contributed by atoms with Crippen molar-refractivity contribution in [1.82, 2.24) is 10.4 Å². The molecule has 1 atom stereocenters. The third-order valence-electron chi connectivity index (χ3n) is 4.13. The van der Waals surface area contributed by atoms with Gasteiger partial charge < -0.3 is 4.74 Å². The first-order valence-electron chi connectivity index (χ1n) is 7.92. The summed E-state index contributed by atoms with van der Waals surface area (Å²) < 4.78 is 47.0. The van der Waals surface area contributed by atoms with E-state index in [0.29, 0.717) is 17.7 Å². The van der Waals surface area contributed by atoms with Gasteiger partial charge in [0.25, 0.3) is 5.60 Å². The maximum Gasteiger partial charge on any atom is 0.434 e. The number of carbonyl (C=O) groups is 2. The van der Waals surface area contributed by atoms with Crippen molar-refractivity contribution in [2.75, 3.05) is 16.9 Å². The van der Waals surface area contributed by atoms with Crippen LogP contribution in [0.3, 0.4) is 0 Å². The highest BCUT2D eigenvalue weighted by Gasteiger charge is 2.65. The average Bonchev–Trinajstić information content (AvgIpc) is 2.98. The molecule has 1 aliphatic rings. The molecule has 0 spiro atoms. The van der Waals surface area contributed by atoms with Crippen LogP contribution < -0.4 is 15.8 Å². The molecule has 1 aromatic carbocycles. The number of halogens is 4. The van der Waals surface area contributed by atoms with Crippen molar-refractivity contribution in [3.8, 4) is 0 Å². The molecule has 1 saturated heterocycles. The Kier molecular flexibility index (Phi) is 5.07. The molecule has 11 heteroatoms. The van der Waals surface area contributed by atoms with Crippen LogP contribution in [0.4, 0.5) is 29.5 Å². The number of hydrazine groups is 1. The molecule has 0 aliphatic carbocycles. The van der Waals surface area contributed by atoms with Crippen molar-refractivity contribution in [3.63, 3.8) is 0 Å². The molecule has 1 unspecified atom stereocenters. The van der Waals surface area contributed by atoms with Crippen LogP contribution in [-0.4, -0.2) is 30.2 Å². The Bertz CT molecular complexity index is 905. The predicted molar refractivity (Wildman–Crippen MR) is 94.8 cm³/mol. The molecule has 0 saturated carbocycles. The van der Waals surface area contributed by atoms with Crippen molar-refractivity contribution in [2.45, 2.75) is 18.7 Å². The fourth-order valence-electron chi connectivity index (χ4n) is 2.89. The summed E-state index contributed by atoms with van der Waals surface area (Å²) in [6.07, 6.45) is -4.46. The summed E-state index contributed by atoms with van der Waals surface area (Å²) in [5.41, 5.74) is 2.31. The Morgan fingerprint density at radius 1 is 1.32 bits per heavy atom. The van der Waals surface area contributed by atoms with Gasteiger partial charge in [-0.15, -0.1) is 0 Å². The number of carbonyl (C=O) groups excluding carboxylic acids is 2. The molecule has 2 N–H and O–H groups in total. The highest BCUT2D eigenvalue weighted by molar-refractivity contribution is 6.30. The Morgan fingerprint density at radius 3 is 2.71 bits per heavy atom. The number of aromatic nitrogens is 1. The van der Waals surface area contributed by atoms with Gasteiger partial charge >= 0.3 is 12.3 Å². The van der Waals surface area contributed by atoms with Crippen LogP contribution in [0.1, 0.15) is 11.1 Å². The maximum absolute atomic E-state index is 14.0. The Balaban J connectivity index is 2.02. The second kappa shape index (κ2) is 7.19. The summed E-state index contributed by atoms with van der Waals surface area (Å²) in [5.74, 6) is -0.0763. The molecular weight excluding hydrogens is 401 g/mol. The van der Waals surface area contributed by atoms with Gasteiger partial charge in [-0.2, -0.15) is 13.2 Å². The van der Waals surface area contributed by atoms with Crippen molar-refractivity contribution in [2.24, 2.45) is 0 Å². The summed E-state index contributed by atoms with van der Waals surface area (Å²) in [6.45, 7) is 0.747. The molecule has 148 valence electrons. The number of cyclic esters (lactones) is 1. The molecule has 7 nitrogen and oxygen atoms in total. The van der Waals surface area contributed by atoms with Gasteiger partial charge in [-0.05, 0) is 30.7 Å². The second-order valence-corrected chi connectivity index (χ2v) is 6.52. The number of pyridine rings is 1. The highest BCUT2D eigenvalue weighted by Crippen LogP contribution is 2.48. The molecule has 1 aromatic heterocycles. The number of rotatable bonds is 5. The number of alkyl halides is 3. The number of hydrogen-bond acceptors (Lipinski definition) is 5. The number of anilines is 2. The van der Waals surface area contributed by atoms with Crippen LogP contribution in [-0.2, 0) is 15.1 Å². The molecule has 0 radical (unpaired) electrons. The maximum atomic E-state index is 14.0. The first kappa shape index (κ1) is 19.7. The van der Waals surface area contributed by atoms with Crippen molar-refractivity contribution >= 4 is 35.6 Å². The van der Waals surface area contributed by atoms with Crippen molar-refractivity contribution in [1.29, 1.82) is 0 Å². The van der Waals surface area contributed by atoms with Crippen LogP contribution in [0.25, 0.3) is 0 Å². The van der Waals surface area contributed by atoms with Gasteiger partial charge in [0.05, 0.1) is 12.2 Å². The third kappa shape index (κ3) is 3.55. The zero-order chi connectivity index (χ0) is 20.5. The average molecular weight is 415 g/mol. The van der Waals surface area contributed by atoms with E-state index in [9.17, 15) is 22.8 Å². The fourth-order valence-corrected chi connectivity index (χ4v) is 3.18. The normalized spacial score (nSPS) is 19.3. The van der Waals surface area contributed by atoms with Crippen molar-refractivity contribution in [3.05, 3.63) is 52.7 Å². The number of amides is 2. The Morgan fingerprint density at radius 2 is 2.07 bits per heavy atom. The molecule has 2 heterocycles. The van der Waals surface area contributed by atoms with E-state index in [4.69, 9.17) is 16.3 Å². The summed E-state index contributed by atoms with van der Waals surface area (Å²) in [4.78, 5) is 27.4. The first-order valence-corrected chi connectivity index (χ1v) is 8.30. The zero-order valence-electron chi connectivity index (χ0n) is 14.4. The number of nitrogens with one attached hydrogen (secondary N) is 2. The lowest BCUT2D eigenvalue weighted by atomic mass is 9.91. The minimum Gasteiger partial charge on any atom is -0.426 e. The minimum absolute atomic E-state index is 0.0763. The van der Waals surface area contributed by atoms with Crippen LogP contribution in [0, 0.1) is 6.92 Å². The smallest absolute Gasteiger partial charge is 0.426 e. The van der Waals surface area contributed by atoms with E-state index < -0.39 is 24.4 Å². The van der Waals surface area contributed by atoms with Gasteiger partial charge in [0.2, 0.25) is 6.41 Å². The first-order chi connectivity index (χ1) is 13.2. The highest BCUT2D eigenvalue weighted by atomic mass is 35.5. The van der Waals surface area contributed by atoms with E-state index in [1.165, 1.54) is 30.5 Å². The Labute approximate surface area is 162 Å². The predicted octanol–water partition coefficient (Wildman–Crippen LogP) is 3.53. The van der Waals surface area contributed by atoms with E-state index in [0.717, 1.165) is 11.0 Å². The number of benzene rings is 1. The second-order valence-electron chi connectivity index (χ2n) is 6.09. The van der Waals surface area contributed by atoms with E-state index in [2.05, 4.69) is 15.8 Å². The van der Waals surface area contributed by atoms with Gasteiger partial charge in [-0.1, -0.05) is 17.7 Å². The quantitative estimate of drug-likeness (QED) is 0.577. The lowest BCUT2D eigenvalue weighted by molar-refractivity contribution is -0.250. The van der Waals surface area contributed by atoms with Crippen molar-refractivity contribution < 1.29 is 27.5 Å². The molecule has 28 heavy (non-hydrogen) atoms. The molecule has 1 fully saturated rings. The molecule has 1 aliphatic heterocycles. The number of hydrogen-bond donors (Lipinski definition) is 2. The molecule has 2 amide bonds.